The maximum atomic E-state index is 4.43. The van der Waals surface area contributed by atoms with Crippen LogP contribution in [0.3, 0.4) is 0 Å². The molecule has 0 aliphatic rings. The lowest BCUT2D eigenvalue weighted by atomic mass is 9.84. The maximum absolute atomic E-state index is 4.43. The summed E-state index contributed by atoms with van der Waals surface area (Å²) in [6.45, 7) is 9.92. The lowest BCUT2D eigenvalue weighted by molar-refractivity contribution is 0.268. The molecule has 0 aliphatic carbocycles. The zero-order chi connectivity index (χ0) is 12.2. The first-order valence-corrected chi connectivity index (χ1v) is 6.57. The van der Waals surface area contributed by atoms with Crippen LogP contribution in [-0.2, 0) is 6.42 Å². The van der Waals surface area contributed by atoms with E-state index in [2.05, 4.69) is 53.9 Å². The molecule has 1 unspecified atom stereocenters. The molecule has 16 heavy (non-hydrogen) atoms. The van der Waals surface area contributed by atoms with Gasteiger partial charge in [0.2, 0.25) is 0 Å². The van der Waals surface area contributed by atoms with Gasteiger partial charge in [-0.05, 0) is 40.0 Å². The summed E-state index contributed by atoms with van der Waals surface area (Å²) in [5.74, 6) is 0. The minimum absolute atomic E-state index is 0.243. The lowest BCUT2D eigenvalue weighted by Crippen LogP contribution is -2.42. The summed E-state index contributed by atoms with van der Waals surface area (Å²) in [5.41, 5.74) is 1.37. The summed E-state index contributed by atoms with van der Waals surface area (Å²) >= 11 is 3.55. The topological polar surface area (TPSA) is 24.9 Å². The van der Waals surface area contributed by atoms with Gasteiger partial charge in [-0.15, -0.1) is 0 Å². The van der Waals surface area contributed by atoms with Crippen molar-refractivity contribution in [2.45, 2.75) is 40.2 Å². The normalized spacial score (nSPS) is 13.8. The summed E-state index contributed by atoms with van der Waals surface area (Å²) in [4.78, 5) is 4.43. The van der Waals surface area contributed by atoms with Crippen molar-refractivity contribution < 1.29 is 0 Å². The van der Waals surface area contributed by atoms with Gasteiger partial charge in [-0.2, -0.15) is 0 Å². The van der Waals surface area contributed by atoms with Crippen molar-refractivity contribution in [3.63, 3.8) is 0 Å². The molecule has 0 aromatic carbocycles. The third-order valence-corrected chi connectivity index (χ3v) is 3.45. The van der Waals surface area contributed by atoms with Gasteiger partial charge in [-0.3, -0.25) is 4.98 Å². The number of aromatic nitrogens is 1. The second kappa shape index (κ2) is 5.78. The molecule has 0 aliphatic heterocycles. The first-order chi connectivity index (χ1) is 7.45. The van der Waals surface area contributed by atoms with Crippen LogP contribution < -0.4 is 5.32 Å². The molecule has 0 saturated heterocycles. The number of rotatable bonds is 4. The van der Waals surface area contributed by atoms with E-state index >= 15 is 0 Å². The Morgan fingerprint density at radius 3 is 2.62 bits per heavy atom. The number of hydrogen-bond donors (Lipinski definition) is 1. The maximum Gasteiger partial charge on any atom is 0.0561 e. The average Bonchev–Trinajstić information content (AvgIpc) is 2.19. The van der Waals surface area contributed by atoms with E-state index in [1.165, 1.54) is 0 Å². The van der Waals surface area contributed by atoms with Crippen molar-refractivity contribution in [1.82, 2.24) is 10.3 Å². The highest BCUT2D eigenvalue weighted by molar-refractivity contribution is 9.10. The Labute approximate surface area is 107 Å². The van der Waals surface area contributed by atoms with Crippen LogP contribution >= 0.6 is 15.9 Å². The van der Waals surface area contributed by atoms with Gasteiger partial charge < -0.3 is 5.32 Å². The minimum atomic E-state index is 0.243. The molecule has 1 heterocycles. The van der Waals surface area contributed by atoms with E-state index in [9.17, 15) is 0 Å². The summed E-state index contributed by atoms with van der Waals surface area (Å²) < 4.78 is 1.10. The Morgan fingerprint density at radius 1 is 1.44 bits per heavy atom. The highest BCUT2D eigenvalue weighted by Crippen LogP contribution is 2.24. The van der Waals surface area contributed by atoms with Gasteiger partial charge in [0.05, 0.1) is 5.69 Å². The minimum Gasteiger partial charge on any atom is -0.313 e. The first-order valence-electron chi connectivity index (χ1n) is 5.78. The molecule has 0 saturated carbocycles. The third kappa shape index (κ3) is 3.87. The van der Waals surface area contributed by atoms with Gasteiger partial charge in [0.1, 0.15) is 0 Å². The molecule has 0 radical (unpaired) electrons. The summed E-state index contributed by atoms with van der Waals surface area (Å²) in [6.07, 6.45) is 2.81. The third-order valence-electron chi connectivity index (χ3n) is 2.73. The van der Waals surface area contributed by atoms with Crippen molar-refractivity contribution >= 4 is 15.9 Å². The van der Waals surface area contributed by atoms with Crippen LogP contribution in [0.15, 0.2) is 22.8 Å². The molecule has 1 aromatic rings. The average molecular weight is 285 g/mol. The highest BCUT2D eigenvalue weighted by Gasteiger charge is 2.24. The number of hydrogen-bond acceptors (Lipinski definition) is 2. The van der Waals surface area contributed by atoms with E-state index in [1.54, 1.807) is 0 Å². The lowest BCUT2D eigenvalue weighted by Gasteiger charge is -2.31. The number of nitrogens with one attached hydrogen (secondary N) is 1. The quantitative estimate of drug-likeness (QED) is 0.917. The van der Waals surface area contributed by atoms with E-state index in [1.807, 2.05) is 18.3 Å². The molecule has 0 amide bonds. The Morgan fingerprint density at radius 2 is 2.12 bits per heavy atom. The van der Waals surface area contributed by atoms with Gasteiger partial charge in [-0.1, -0.05) is 27.7 Å². The molecule has 1 aromatic heterocycles. The summed E-state index contributed by atoms with van der Waals surface area (Å²) in [5, 5.41) is 3.54. The molecule has 90 valence electrons. The zero-order valence-corrected chi connectivity index (χ0v) is 12.1. The van der Waals surface area contributed by atoms with Crippen LogP contribution in [0.1, 0.15) is 33.4 Å². The summed E-state index contributed by atoms with van der Waals surface area (Å²) in [6, 6.07) is 4.45. The smallest absolute Gasteiger partial charge is 0.0561 e. The largest absolute Gasteiger partial charge is 0.313 e. The standard InChI is InChI=1S/C13H21BrN2/c1-5-15-12(13(2,3)4)9-11-10(14)7-6-8-16-11/h6-8,12,15H,5,9H2,1-4H3. The van der Waals surface area contributed by atoms with Crippen molar-refractivity contribution in [1.29, 1.82) is 0 Å². The predicted molar refractivity (Wildman–Crippen MR) is 72.6 cm³/mol. The van der Waals surface area contributed by atoms with Gasteiger partial charge in [0.25, 0.3) is 0 Å². The second-order valence-corrected chi connectivity index (χ2v) is 5.97. The molecule has 0 fully saturated rings. The van der Waals surface area contributed by atoms with E-state index in [0.29, 0.717) is 6.04 Å². The molecule has 1 N–H and O–H groups in total. The predicted octanol–water partition coefficient (Wildman–Crippen LogP) is 3.41. The summed E-state index contributed by atoms with van der Waals surface area (Å²) in [7, 11) is 0. The van der Waals surface area contributed by atoms with Crippen molar-refractivity contribution in [3.8, 4) is 0 Å². The van der Waals surface area contributed by atoms with E-state index in [0.717, 1.165) is 23.1 Å². The molecule has 1 rings (SSSR count). The van der Waals surface area contributed by atoms with Crippen molar-refractivity contribution in [2.24, 2.45) is 5.41 Å². The van der Waals surface area contributed by atoms with Crippen molar-refractivity contribution in [3.05, 3.63) is 28.5 Å². The van der Waals surface area contributed by atoms with Crippen LogP contribution in [0, 0.1) is 5.41 Å². The molecule has 0 bridgehead atoms. The fourth-order valence-electron chi connectivity index (χ4n) is 1.69. The highest BCUT2D eigenvalue weighted by atomic mass is 79.9. The van der Waals surface area contributed by atoms with Crippen LogP contribution in [0.5, 0.6) is 0 Å². The molecule has 0 spiro atoms. The van der Waals surface area contributed by atoms with Crippen LogP contribution in [0.4, 0.5) is 0 Å². The second-order valence-electron chi connectivity index (χ2n) is 5.11. The number of pyridine rings is 1. The Hall–Kier alpha value is -0.410. The molecular formula is C13H21BrN2. The van der Waals surface area contributed by atoms with Crippen LogP contribution in [0.2, 0.25) is 0 Å². The fraction of sp³-hybridized carbons (Fsp3) is 0.615. The monoisotopic (exact) mass is 284 g/mol. The van der Waals surface area contributed by atoms with E-state index in [-0.39, 0.29) is 5.41 Å². The van der Waals surface area contributed by atoms with Gasteiger partial charge in [-0.25, -0.2) is 0 Å². The molecule has 1 atom stereocenters. The van der Waals surface area contributed by atoms with E-state index < -0.39 is 0 Å². The van der Waals surface area contributed by atoms with Gasteiger partial charge in [0, 0.05) is 23.1 Å². The van der Waals surface area contributed by atoms with Crippen LogP contribution in [-0.4, -0.2) is 17.6 Å². The number of likely N-dealkylation sites (N-methyl/N-ethyl adjacent to an activating group) is 1. The SMILES string of the molecule is CCNC(Cc1ncccc1Br)C(C)(C)C. The number of halogens is 1. The number of nitrogens with zero attached hydrogens (tertiary/aromatic N) is 1. The van der Waals surface area contributed by atoms with Gasteiger partial charge in [0.15, 0.2) is 0 Å². The first kappa shape index (κ1) is 13.7. The molecule has 2 nitrogen and oxygen atoms in total. The molecule has 3 heteroatoms. The van der Waals surface area contributed by atoms with Crippen LogP contribution in [0.25, 0.3) is 0 Å². The Balaban J connectivity index is 2.80. The zero-order valence-electron chi connectivity index (χ0n) is 10.5. The van der Waals surface area contributed by atoms with E-state index in [4.69, 9.17) is 0 Å². The fourth-order valence-corrected chi connectivity index (χ4v) is 2.11. The Kier molecular flexibility index (Phi) is 4.93. The molecular weight excluding hydrogens is 264 g/mol. The van der Waals surface area contributed by atoms with Gasteiger partial charge >= 0.3 is 0 Å². The Bertz CT molecular complexity index is 331. The van der Waals surface area contributed by atoms with Crippen molar-refractivity contribution in [2.75, 3.05) is 6.54 Å².